The predicted molar refractivity (Wildman–Crippen MR) is 106 cm³/mol. The Morgan fingerprint density at radius 2 is 2.10 bits per heavy atom. The van der Waals surface area contributed by atoms with Crippen LogP contribution in [0.15, 0.2) is 53.2 Å². The lowest BCUT2D eigenvalue weighted by Crippen LogP contribution is -2.07. The molecule has 0 fully saturated rings. The maximum atomic E-state index is 12.2. The number of carbonyl (C=O) groups is 2. The van der Waals surface area contributed by atoms with Crippen LogP contribution in [0.4, 0.5) is 5.69 Å². The molecule has 0 saturated heterocycles. The van der Waals surface area contributed by atoms with E-state index < -0.39 is 10.9 Å². The molecule has 0 atom stereocenters. The molecule has 0 aliphatic carbocycles. The second-order valence-corrected chi connectivity index (χ2v) is 6.46. The van der Waals surface area contributed by atoms with Crippen molar-refractivity contribution in [2.24, 2.45) is 4.99 Å². The SMILES string of the molecule is CCCC(=O)Oc1cccc(/C=C2\N=C(c3cc([N+](=O)[O-])ccc3Cl)OC2=O)c1. The van der Waals surface area contributed by atoms with Crippen LogP contribution in [-0.2, 0) is 14.3 Å². The van der Waals surface area contributed by atoms with Crippen LogP contribution in [0.5, 0.6) is 5.75 Å². The first kappa shape index (κ1) is 20.2. The summed E-state index contributed by atoms with van der Waals surface area (Å²) in [6.45, 7) is 1.87. The summed E-state index contributed by atoms with van der Waals surface area (Å²) in [4.78, 5) is 38.3. The van der Waals surface area contributed by atoms with Crippen LogP contribution in [0.1, 0.15) is 30.9 Å². The molecular weight excluding hydrogens is 400 g/mol. The largest absolute Gasteiger partial charge is 0.427 e. The van der Waals surface area contributed by atoms with Crippen molar-refractivity contribution in [3.8, 4) is 5.75 Å². The number of nitrogens with zero attached hydrogens (tertiary/aromatic N) is 2. The van der Waals surface area contributed by atoms with Crippen LogP contribution in [0, 0.1) is 10.1 Å². The van der Waals surface area contributed by atoms with Gasteiger partial charge in [0.15, 0.2) is 5.70 Å². The van der Waals surface area contributed by atoms with Gasteiger partial charge in [0, 0.05) is 18.6 Å². The van der Waals surface area contributed by atoms with Crippen LogP contribution in [0.3, 0.4) is 0 Å². The standard InChI is InChI=1S/C20H15ClN2O6/c1-2-4-18(24)28-14-6-3-5-12(9-14)10-17-20(25)29-19(22-17)15-11-13(23(26)27)7-8-16(15)21/h3,5-11H,2,4H2,1H3/b17-10-. The first-order valence-electron chi connectivity index (χ1n) is 8.65. The molecule has 0 amide bonds. The zero-order valence-electron chi connectivity index (χ0n) is 15.3. The number of halogens is 1. The number of nitro groups is 1. The molecule has 0 aromatic heterocycles. The molecule has 0 spiro atoms. The minimum Gasteiger partial charge on any atom is -0.427 e. The summed E-state index contributed by atoms with van der Waals surface area (Å²) in [7, 11) is 0. The van der Waals surface area contributed by atoms with Gasteiger partial charge < -0.3 is 9.47 Å². The number of rotatable bonds is 6. The van der Waals surface area contributed by atoms with Crippen LogP contribution in [-0.4, -0.2) is 22.8 Å². The molecule has 1 heterocycles. The molecule has 1 aliphatic heterocycles. The number of nitro benzene ring substituents is 1. The molecule has 148 valence electrons. The van der Waals surface area contributed by atoms with Gasteiger partial charge in [0.1, 0.15) is 5.75 Å². The second kappa shape index (κ2) is 8.66. The number of carbonyl (C=O) groups excluding carboxylic acids is 2. The third-order valence-electron chi connectivity index (χ3n) is 3.86. The maximum Gasteiger partial charge on any atom is 0.363 e. The number of esters is 2. The summed E-state index contributed by atoms with van der Waals surface area (Å²) < 4.78 is 10.4. The molecule has 2 aromatic rings. The average Bonchev–Trinajstić information content (AvgIpc) is 3.02. The van der Waals surface area contributed by atoms with Gasteiger partial charge in [-0.05, 0) is 36.3 Å². The molecule has 1 aliphatic rings. The minimum absolute atomic E-state index is 0.0143. The molecule has 8 nitrogen and oxygen atoms in total. The molecule has 2 aromatic carbocycles. The topological polar surface area (TPSA) is 108 Å². The molecule has 0 radical (unpaired) electrons. The Hall–Kier alpha value is -3.52. The third-order valence-corrected chi connectivity index (χ3v) is 4.19. The van der Waals surface area contributed by atoms with Gasteiger partial charge in [-0.15, -0.1) is 0 Å². The smallest absolute Gasteiger partial charge is 0.363 e. The van der Waals surface area contributed by atoms with Gasteiger partial charge in [0.25, 0.3) is 5.69 Å². The van der Waals surface area contributed by atoms with E-state index in [1.807, 2.05) is 6.92 Å². The Labute approximate surface area is 170 Å². The van der Waals surface area contributed by atoms with Crippen molar-refractivity contribution < 1.29 is 24.0 Å². The van der Waals surface area contributed by atoms with E-state index in [0.717, 1.165) is 0 Å². The highest BCUT2D eigenvalue weighted by atomic mass is 35.5. The molecule has 29 heavy (non-hydrogen) atoms. The van der Waals surface area contributed by atoms with Gasteiger partial charge in [-0.2, -0.15) is 0 Å². The van der Waals surface area contributed by atoms with E-state index in [4.69, 9.17) is 21.1 Å². The van der Waals surface area contributed by atoms with Gasteiger partial charge >= 0.3 is 11.9 Å². The van der Waals surface area contributed by atoms with Gasteiger partial charge in [0.05, 0.1) is 15.5 Å². The number of aliphatic imine (C=N–C) groups is 1. The second-order valence-electron chi connectivity index (χ2n) is 6.05. The number of cyclic esters (lactones) is 1. The summed E-state index contributed by atoms with van der Waals surface area (Å²) >= 11 is 6.07. The molecular formula is C20H15ClN2O6. The maximum absolute atomic E-state index is 12.2. The lowest BCUT2D eigenvalue weighted by atomic mass is 10.2. The Morgan fingerprint density at radius 1 is 1.31 bits per heavy atom. The van der Waals surface area contributed by atoms with E-state index >= 15 is 0 Å². The normalized spacial score (nSPS) is 14.5. The predicted octanol–water partition coefficient (Wildman–Crippen LogP) is 4.30. The highest BCUT2D eigenvalue weighted by Gasteiger charge is 2.27. The van der Waals surface area contributed by atoms with Crippen molar-refractivity contribution in [1.29, 1.82) is 0 Å². The first-order valence-corrected chi connectivity index (χ1v) is 9.03. The average molecular weight is 415 g/mol. The number of benzene rings is 2. The highest BCUT2D eigenvalue weighted by molar-refractivity contribution is 6.34. The summed E-state index contributed by atoms with van der Waals surface area (Å²) in [5.74, 6) is -0.857. The van der Waals surface area contributed by atoms with Crippen molar-refractivity contribution in [3.05, 3.63) is 74.4 Å². The summed E-state index contributed by atoms with van der Waals surface area (Å²) in [5, 5.41) is 11.1. The zero-order chi connectivity index (χ0) is 21.0. The molecule has 0 unspecified atom stereocenters. The molecule has 0 N–H and O–H groups in total. The van der Waals surface area contributed by atoms with E-state index in [0.29, 0.717) is 24.2 Å². The Morgan fingerprint density at radius 3 is 2.83 bits per heavy atom. The fraction of sp³-hybridized carbons (Fsp3) is 0.150. The van der Waals surface area contributed by atoms with Gasteiger partial charge in [0.2, 0.25) is 5.90 Å². The minimum atomic E-state index is -0.726. The van der Waals surface area contributed by atoms with E-state index in [9.17, 15) is 19.7 Å². The fourth-order valence-electron chi connectivity index (χ4n) is 2.53. The summed E-state index contributed by atoms with van der Waals surface area (Å²) in [6, 6.07) is 10.3. The quantitative estimate of drug-likeness (QED) is 0.229. The molecule has 9 heteroatoms. The van der Waals surface area contributed by atoms with E-state index in [2.05, 4.69) is 4.99 Å². The van der Waals surface area contributed by atoms with E-state index in [1.54, 1.807) is 24.3 Å². The van der Waals surface area contributed by atoms with E-state index in [1.165, 1.54) is 24.3 Å². The van der Waals surface area contributed by atoms with Crippen molar-refractivity contribution in [1.82, 2.24) is 0 Å². The summed E-state index contributed by atoms with van der Waals surface area (Å²) in [6.07, 6.45) is 2.43. The van der Waals surface area contributed by atoms with E-state index in [-0.39, 0.29) is 33.8 Å². The molecule has 0 bridgehead atoms. The fourth-order valence-corrected chi connectivity index (χ4v) is 2.73. The molecule has 0 saturated carbocycles. The van der Waals surface area contributed by atoms with Gasteiger partial charge in [-0.25, -0.2) is 9.79 Å². The van der Waals surface area contributed by atoms with Crippen molar-refractivity contribution in [3.63, 3.8) is 0 Å². The van der Waals surface area contributed by atoms with Crippen molar-refractivity contribution >= 4 is 41.2 Å². The number of ether oxygens (including phenoxy) is 2. The lowest BCUT2D eigenvalue weighted by molar-refractivity contribution is -0.384. The monoisotopic (exact) mass is 414 g/mol. The Bertz CT molecular complexity index is 1060. The van der Waals surface area contributed by atoms with Crippen molar-refractivity contribution in [2.45, 2.75) is 19.8 Å². The zero-order valence-corrected chi connectivity index (χ0v) is 16.0. The Balaban J connectivity index is 1.89. The van der Waals surface area contributed by atoms with Gasteiger partial charge in [-0.3, -0.25) is 14.9 Å². The lowest BCUT2D eigenvalue weighted by Gasteiger charge is -2.04. The molecule has 3 rings (SSSR count). The number of non-ortho nitro benzene ring substituents is 1. The van der Waals surface area contributed by atoms with Gasteiger partial charge in [-0.1, -0.05) is 30.7 Å². The number of hydrogen-bond acceptors (Lipinski definition) is 7. The third kappa shape index (κ3) is 4.85. The van der Waals surface area contributed by atoms with Crippen molar-refractivity contribution in [2.75, 3.05) is 0 Å². The van der Waals surface area contributed by atoms with Crippen LogP contribution >= 0.6 is 11.6 Å². The van der Waals surface area contributed by atoms with Crippen LogP contribution in [0.2, 0.25) is 5.02 Å². The van der Waals surface area contributed by atoms with Crippen LogP contribution < -0.4 is 4.74 Å². The highest BCUT2D eigenvalue weighted by Crippen LogP contribution is 2.27. The number of hydrogen-bond donors (Lipinski definition) is 0. The Kier molecular flexibility index (Phi) is 6.04. The first-order chi connectivity index (χ1) is 13.9. The summed E-state index contributed by atoms with van der Waals surface area (Å²) in [5.41, 5.74) is 0.482. The van der Waals surface area contributed by atoms with Crippen LogP contribution in [0.25, 0.3) is 6.08 Å².